The number of nitrogens with one attached hydrogen (secondary N) is 1. The molecule has 2 nitrogen and oxygen atoms in total. The first-order chi connectivity index (χ1) is 10.8. The third-order valence-corrected chi connectivity index (χ3v) is 3.95. The van der Waals surface area contributed by atoms with Crippen molar-refractivity contribution in [2.75, 3.05) is 19.6 Å². The van der Waals surface area contributed by atoms with Crippen LogP contribution in [0.2, 0.25) is 0 Å². The number of halogens is 1. The van der Waals surface area contributed by atoms with Crippen molar-refractivity contribution < 1.29 is 4.39 Å². The molecule has 1 saturated heterocycles. The molecule has 0 bridgehead atoms. The zero-order valence-corrected chi connectivity index (χ0v) is 12.6. The molecule has 0 spiro atoms. The highest BCUT2D eigenvalue weighted by Crippen LogP contribution is 2.11. The molecule has 114 valence electrons. The van der Waals surface area contributed by atoms with Crippen LogP contribution in [-0.4, -0.2) is 30.6 Å². The van der Waals surface area contributed by atoms with Crippen molar-refractivity contribution in [1.82, 2.24) is 10.2 Å². The van der Waals surface area contributed by atoms with E-state index in [2.05, 4.69) is 40.6 Å². The van der Waals surface area contributed by atoms with Crippen LogP contribution in [0.3, 0.4) is 0 Å². The van der Waals surface area contributed by atoms with E-state index in [0.29, 0.717) is 5.56 Å². The number of hydrogen-bond acceptors (Lipinski definition) is 2. The maximum atomic E-state index is 13.6. The Balaban J connectivity index is 1.60. The lowest BCUT2D eigenvalue weighted by molar-refractivity contribution is 0.210. The third-order valence-electron chi connectivity index (χ3n) is 3.95. The minimum atomic E-state index is -0.171. The first-order valence-corrected chi connectivity index (χ1v) is 7.74. The van der Waals surface area contributed by atoms with E-state index < -0.39 is 0 Å². The van der Waals surface area contributed by atoms with Crippen LogP contribution in [0.25, 0.3) is 6.08 Å². The smallest absolute Gasteiger partial charge is 0.130 e. The Morgan fingerprint density at radius 1 is 1.09 bits per heavy atom. The van der Waals surface area contributed by atoms with E-state index in [1.807, 2.05) is 18.2 Å². The van der Waals surface area contributed by atoms with Gasteiger partial charge in [-0.15, -0.1) is 0 Å². The Hall–Kier alpha value is -1.97. The highest BCUT2D eigenvalue weighted by atomic mass is 19.1. The van der Waals surface area contributed by atoms with E-state index in [1.165, 1.54) is 11.6 Å². The fourth-order valence-corrected chi connectivity index (χ4v) is 2.79. The van der Waals surface area contributed by atoms with Crippen LogP contribution in [0, 0.1) is 5.82 Å². The first kappa shape index (κ1) is 14.9. The predicted octanol–water partition coefficient (Wildman–Crippen LogP) is 3.31. The lowest BCUT2D eigenvalue weighted by Gasteiger charge is -2.32. The van der Waals surface area contributed by atoms with E-state index in [4.69, 9.17) is 0 Å². The molecule has 22 heavy (non-hydrogen) atoms. The van der Waals surface area contributed by atoms with Gasteiger partial charge in [-0.05, 0) is 11.6 Å². The number of nitrogens with zero attached hydrogens (tertiary/aromatic N) is 1. The maximum absolute atomic E-state index is 13.6. The molecule has 0 aromatic heterocycles. The fraction of sp³-hybridized carbons (Fsp3) is 0.263. The quantitative estimate of drug-likeness (QED) is 0.931. The topological polar surface area (TPSA) is 15.3 Å². The SMILES string of the molecule is Fc1ccccc1C=C[C@@H]1CN(Cc2ccccc2)CCN1. The summed E-state index contributed by atoms with van der Waals surface area (Å²) in [7, 11) is 0. The molecule has 1 heterocycles. The normalized spacial score (nSPS) is 19.6. The Morgan fingerprint density at radius 3 is 2.68 bits per heavy atom. The zero-order chi connectivity index (χ0) is 15.2. The van der Waals surface area contributed by atoms with Gasteiger partial charge in [0.05, 0.1) is 0 Å². The second-order valence-electron chi connectivity index (χ2n) is 5.66. The summed E-state index contributed by atoms with van der Waals surface area (Å²) in [6.07, 6.45) is 3.94. The summed E-state index contributed by atoms with van der Waals surface area (Å²) in [6, 6.07) is 17.6. The van der Waals surface area contributed by atoms with E-state index in [9.17, 15) is 4.39 Å². The standard InChI is InChI=1S/C19H21FN2/c20-19-9-5-4-8-17(19)10-11-18-15-22(13-12-21-18)14-16-6-2-1-3-7-16/h1-11,18,21H,12-15H2/t18-/m1/s1. The number of hydrogen-bond donors (Lipinski definition) is 1. The summed E-state index contributed by atoms with van der Waals surface area (Å²) in [6.45, 7) is 3.91. The van der Waals surface area contributed by atoms with Gasteiger partial charge in [0, 0.05) is 37.8 Å². The third kappa shape index (κ3) is 4.03. The molecule has 2 aromatic carbocycles. The van der Waals surface area contributed by atoms with Gasteiger partial charge in [0.15, 0.2) is 0 Å². The molecule has 0 saturated carbocycles. The molecule has 1 N–H and O–H groups in total. The van der Waals surface area contributed by atoms with Gasteiger partial charge in [0.1, 0.15) is 5.82 Å². The largest absolute Gasteiger partial charge is 0.308 e. The summed E-state index contributed by atoms with van der Waals surface area (Å²) < 4.78 is 13.6. The minimum absolute atomic E-state index is 0.171. The summed E-state index contributed by atoms with van der Waals surface area (Å²) in [5.74, 6) is -0.171. The van der Waals surface area contributed by atoms with Crippen LogP contribution in [0.1, 0.15) is 11.1 Å². The van der Waals surface area contributed by atoms with Gasteiger partial charge in [-0.25, -0.2) is 4.39 Å². The fourth-order valence-electron chi connectivity index (χ4n) is 2.79. The number of rotatable bonds is 4. The lowest BCUT2D eigenvalue weighted by atomic mass is 10.1. The Bertz CT molecular complexity index is 624. The first-order valence-electron chi connectivity index (χ1n) is 7.74. The Labute approximate surface area is 131 Å². The lowest BCUT2D eigenvalue weighted by Crippen LogP contribution is -2.49. The van der Waals surface area contributed by atoms with Gasteiger partial charge >= 0.3 is 0 Å². The average Bonchev–Trinajstić information content (AvgIpc) is 2.55. The van der Waals surface area contributed by atoms with Gasteiger partial charge in [-0.3, -0.25) is 4.90 Å². The Kier molecular flexibility index (Phi) is 4.99. The zero-order valence-electron chi connectivity index (χ0n) is 12.6. The van der Waals surface area contributed by atoms with Crippen molar-refractivity contribution in [3.63, 3.8) is 0 Å². The van der Waals surface area contributed by atoms with Crippen LogP contribution in [0.15, 0.2) is 60.7 Å². The predicted molar refractivity (Wildman–Crippen MR) is 88.9 cm³/mol. The number of piperazine rings is 1. The molecule has 0 aliphatic carbocycles. The van der Waals surface area contributed by atoms with E-state index in [-0.39, 0.29) is 11.9 Å². The van der Waals surface area contributed by atoms with E-state index in [1.54, 1.807) is 12.1 Å². The monoisotopic (exact) mass is 296 g/mol. The van der Waals surface area contributed by atoms with Crippen LogP contribution in [-0.2, 0) is 6.54 Å². The van der Waals surface area contributed by atoms with Crippen molar-refractivity contribution in [2.24, 2.45) is 0 Å². The van der Waals surface area contributed by atoms with Crippen LogP contribution in [0.4, 0.5) is 4.39 Å². The second-order valence-corrected chi connectivity index (χ2v) is 5.66. The molecule has 1 aliphatic heterocycles. The molecular formula is C19H21FN2. The van der Waals surface area contributed by atoms with E-state index >= 15 is 0 Å². The van der Waals surface area contributed by atoms with Gasteiger partial charge < -0.3 is 5.32 Å². The van der Waals surface area contributed by atoms with Crippen molar-refractivity contribution in [2.45, 2.75) is 12.6 Å². The van der Waals surface area contributed by atoms with Gasteiger partial charge in [0.25, 0.3) is 0 Å². The Morgan fingerprint density at radius 2 is 1.86 bits per heavy atom. The highest BCUT2D eigenvalue weighted by molar-refractivity contribution is 5.50. The molecule has 0 unspecified atom stereocenters. The summed E-state index contributed by atoms with van der Waals surface area (Å²) in [4.78, 5) is 2.43. The average molecular weight is 296 g/mol. The summed E-state index contributed by atoms with van der Waals surface area (Å²) in [5, 5.41) is 3.47. The van der Waals surface area contributed by atoms with Crippen LogP contribution >= 0.6 is 0 Å². The molecular weight excluding hydrogens is 275 g/mol. The molecule has 0 radical (unpaired) electrons. The van der Waals surface area contributed by atoms with Gasteiger partial charge in [0.2, 0.25) is 0 Å². The summed E-state index contributed by atoms with van der Waals surface area (Å²) in [5.41, 5.74) is 1.98. The van der Waals surface area contributed by atoms with Crippen molar-refractivity contribution >= 4 is 6.08 Å². The molecule has 3 heteroatoms. The molecule has 0 amide bonds. The van der Waals surface area contributed by atoms with Crippen LogP contribution < -0.4 is 5.32 Å². The molecule has 1 aliphatic rings. The van der Waals surface area contributed by atoms with E-state index in [0.717, 1.165) is 26.2 Å². The van der Waals surface area contributed by atoms with Crippen molar-refractivity contribution in [1.29, 1.82) is 0 Å². The van der Waals surface area contributed by atoms with Crippen LogP contribution in [0.5, 0.6) is 0 Å². The second kappa shape index (κ2) is 7.34. The molecule has 3 rings (SSSR count). The van der Waals surface area contributed by atoms with Gasteiger partial charge in [-0.2, -0.15) is 0 Å². The number of benzene rings is 2. The molecule has 1 atom stereocenters. The minimum Gasteiger partial charge on any atom is -0.308 e. The maximum Gasteiger partial charge on any atom is 0.130 e. The van der Waals surface area contributed by atoms with Crippen molar-refractivity contribution in [3.05, 3.63) is 77.6 Å². The highest BCUT2D eigenvalue weighted by Gasteiger charge is 2.17. The summed E-state index contributed by atoms with van der Waals surface area (Å²) >= 11 is 0. The molecule has 1 fully saturated rings. The molecule has 2 aromatic rings. The van der Waals surface area contributed by atoms with Gasteiger partial charge in [-0.1, -0.05) is 60.7 Å². The van der Waals surface area contributed by atoms with Crippen molar-refractivity contribution in [3.8, 4) is 0 Å².